The van der Waals surface area contributed by atoms with Crippen molar-refractivity contribution in [1.82, 2.24) is 9.88 Å². The number of aromatic amines is 1. The molecule has 1 aliphatic rings. The summed E-state index contributed by atoms with van der Waals surface area (Å²) in [6.45, 7) is 10.5. The SMILES string of the molecule is Cc1cc(C)c2[nH]ccc2c1C[C@@H]1CCN(CC(C)(C)O)C[C@H]1c1ccc(C(=O)O)cc1. The number of aromatic nitrogens is 1. The molecular formula is C27H34N2O3. The van der Waals surface area contributed by atoms with Gasteiger partial charge in [0, 0.05) is 30.2 Å². The topological polar surface area (TPSA) is 76.6 Å². The summed E-state index contributed by atoms with van der Waals surface area (Å²) in [5.74, 6) is -0.169. The van der Waals surface area contributed by atoms with Crippen molar-refractivity contribution in [3.63, 3.8) is 0 Å². The molecule has 32 heavy (non-hydrogen) atoms. The largest absolute Gasteiger partial charge is 0.478 e. The minimum atomic E-state index is -0.898. The molecular weight excluding hydrogens is 400 g/mol. The molecule has 2 aromatic carbocycles. The summed E-state index contributed by atoms with van der Waals surface area (Å²) in [7, 11) is 0. The van der Waals surface area contributed by atoms with Gasteiger partial charge in [-0.15, -0.1) is 0 Å². The second-order valence-corrected chi connectivity index (χ2v) is 10.1. The standard InChI is InChI=1S/C27H34N2O3/c1-17-13-18(2)25-22(9-11-28-25)23(17)14-21-10-12-29(16-27(3,4)32)15-24(21)19-5-7-20(8-6-19)26(30)31/h5-9,11,13,21,24,28,32H,10,12,14-16H2,1-4H3,(H,30,31)/t21-,24-/m0/s1. The number of nitrogens with zero attached hydrogens (tertiary/aromatic N) is 1. The van der Waals surface area contributed by atoms with Gasteiger partial charge in [-0.1, -0.05) is 18.2 Å². The van der Waals surface area contributed by atoms with Gasteiger partial charge in [-0.25, -0.2) is 4.79 Å². The maximum atomic E-state index is 11.3. The summed E-state index contributed by atoms with van der Waals surface area (Å²) in [5.41, 5.74) is 5.97. The Morgan fingerprint density at radius 1 is 1.16 bits per heavy atom. The summed E-state index contributed by atoms with van der Waals surface area (Å²) in [4.78, 5) is 17.1. The van der Waals surface area contributed by atoms with Gasteiger partial charge in [0.15, 0.2) is 0 Å². The number of aliphatic hydroxyl groups is 1. The summed E-state index contributed by atoms with van der Waals surface area (Å²) >= 11 is 0. The number of hydrogen-bond acceptors (Lipinski definition) is 3. The van der Waals surface area contributed by atoms with Crippen LogP contribution in [0.4, 0.5) is 0 Å². The van der Waals surface area contributed by atoms with E-state index in [0.717, 1.165) is 25.9 Å². The first-order valence-electron chi connectivity index (χ1n) is 11.5. The fourth-order valence-electron chi connectivity index (χ4n) is 5.43. The van der Waals surface area contributed by atoms with Crippen LogP contribution in [0, 0.1) is 19.8 Å². The van der Waals surface area contributed by atoms with Crippen LogP contribution in [-0.2, 0) is 6.42 Å². The van der Waals surface area contributed by atoms with Crippen LogP contribution >= 0.6 is 0 Å². The smallest absolute Gasteiger partial charge is 0.335 e. The highest BCUT2D eigenvalue weighted by molar-refractivity contribution is 5.88. The second-order valence-electron chi connectivity index (χ2n) is 10.1. The third-order valence-electron chi connectivity index (χ3n) is 6.88. The third-order valence-corrected chi connectivity index (χ3v) is 6.88. The van der Waals surface area contributed by atoms with Gasteiger partial charge in [0.25, 0.3) is 0 Å². The Balaban J connectivity index is 1.67. The molecule has 3 aromatic rings. The Morgan fingerprint density at radius 3 is 2.53 bits per heavy atom. The maximum Gasteiger partial charge on any atom is 0.335 e. The van der Waals surface area contributed by atoms with Gasteiger partial charge in [0.2, 0.25) is 0 Å². The minimum absolute atomic E-state index is 0.281. The van der Waals surface area contributed by atoms with Crippen LogP contribution in [0.3, 0.4) is 0 Å². The van der Waals surface area contributed by atoms with Gasteiger partial charge in [0.05, 0.1) is 11.2 Å². The molecule has 1 fully saturated rings. The van der Waals surface area contributed by atoms with E-state index < -0.39 is 11.6 Å². The van der Waals surface area contributed by atoms with Gasteiger partial charge in [-0.05, 0) is 99.4 Å². The lowest BCUT2D eigenvalue weighted by Gasteiger charge is -2.41. The highest BCUT2D eigenvalue weighted by Crippen LogP contribution is 2.38. The van der Waals surface area contributed by atoms with Gasteiger partial charge < -0.3 is 15.2 Å². The number of fused-ring (bicyclic) bond motifs is 1. The number of benzene rings is 2. The van der Waals surface area contributed by atoms with Crippen molar-refractivity contribution in [2.24, 2.45) is 5.92 Å². The number of aryl methyl sites for hydroxylation is 2. The summed E-state index contributed by atoms with van der Waals surface area (Å²) in [5, 5.41) is 21.0. The number of aromatic carboxylic acids is 1. The zero-order chi connectivity index (χ0) is 23.0. The quantitative estimate of drug-likeness (QED) is 0.516. The van der Waals surface area contributed by atoms with E-state index in [0.29, 0.717) is 18.0 Å². The Labute approximate surface area is 190 Å². The zero-order valence-electron chi connectivity index (χ0n) is 19.5. The van der Waals surface area contributed by atoms with Crippen LogP contribution in [0.5, 0.6) is 0 Å². The van der Waals surface area contributed by atoms with Crippen molar-refractivity contribution < 1.29 is 15.0 Å². The van der Waals surface area contributed by atoms with Crippen LogP contribution in [0.25, 0.3) is 10.9 Å². The first-order chi connectivity index (χ1) is 15.1. The number of carbonyl (C=O) groups is 1. The second kappa shape index (κ2) is 8.72. The predicted octanol–water partition coefficient (Wildman–Crippen LogP) is 4.90. The molecule has 1 saturated heterocycles. The Hall–Kier alpha value is -2.63. The molecule has 0 amide bonds. The number of hydrogen-bond donors (Lipinski definition) is 3. The van der Waals surface area contributed by atoms with Gasteiger partial charge >= 0.3 is 5.97 Å². The first kappa shape index (κ1) is 22.6. The molecule has 3 N–H and O–H groups in total. The fourth-order valence-corrected chi connectivity index (χ4v) is 5.43. The van der Waals surface area contributed by atoms with E-state index in [4.69, 9.17) is 0 Å². The number of rotatable bonds is 6. The lowest BCUT2D eigenvalue weighted by Crippen LogP contribution is -2.46. The molecule has 170 valence electrons. The lowest BCUT2D eigenvalue weighted by molar-refractivity contribution is 0.0197. The molecule has 0 spiro atoms. The predicted molar refractivity (Wildman–Crippen MR) is 128 cm³/mol. The van der Waals surface area contributed by atoms with E-state index in [1.54, 1.807) is 12.1 Å². The molecule has 0 bridgehead atoms. The molecule has 0 aliphatic carbocycles. The monoisotopic (exact) mass is 434 g/mol. The van der Waals surface area contributed by atoms with Crippen LogP contribution in [0.2, 0.25) is 0 Å². The Morgan fingerprint density at radius 2 is 1.88 bits per heavy atom. The van der Waals surface area contributed by atoms with E-state index in [1.807, 2.05) is 32.2 Å². The van der Waals surface area contributed by atoms with Gasteiger partial charge in [-0.3, -0.25) is 4.90 Å². The fraction of sp³-hybridized carbons (Fsp3) is 0.444. The van der Waals surface area contributed by atoms with E-state index >= 15 is 0 Å². The molecule has 5 nitrogen and oxygen atoms in total. The third kappa shape index (κ3) is 4.74. The Kier molecular flexibility index (Phi) is 6.15. The number of H-pyrrole nitrogens is 1. The molecule has 1 aliphatic heterocycles. The summed E-state index contributed by atoms with van der Waals surface area (Å²) < 4.78 is 0. The minimum Gasteiger partial charge on any atom is -0.478 e. The number of piperidine rings is 1. The van der Waals surface area contributed by atoms with Crippen molar-refractivity contribution in [2.75, 3.05) is 19.6 Å². The van der Waals surface area contributed by atoms with Crippen LogP contribution < -0.4 is 0 Å². The number of likely N-dealkylation sites (tertiary alicyclic amines) is 1. The summed E-state index contributed by atoms with van der Waals surface area (Å²) in [6, 6.07) is 11.8. The molecule has 2 atom stereocenters. The Bertz CT molecular complexity index is 1110. The maximum absolute atomic E-state index is 11.3. The molecule has 5 heteroatoms. The average Bonchev–Trinajstić information content (AvgIpc) is 3.21. The van der Waals surface area contributed by atoms with E-state index in [2.05, 4.69) is 35.9 Å². The van der Waals surface area contributed by atoms with E-state index in [1.165, 1.54) is 33.2 Å². The number of carboxylic acids is 1. The van der Waals surface area contributed by atoms with E-state index in [-0.39, 0.29) is 5.92 Å². The van der Waals surface area contributed by atoms with Crippen LogP contribution in [0.1, 0.15) is 58.8 Å². The number of β-amino-alcohol motifs (C(OH)–C–C–N with tert-alkyl or cyclic N) is 1. The average molecular weight is 435 g/mol. The molecule has 4 rings (SSSR count). The highest BCUT2D eigenvalue weighted by atomic mass is 16.4. The number of nitrogens with one attached hydrogen (secondary N) is 1. The van der Waals surface area contributed by atoms with Crippen molar-refractivity contribution in [3.05, 3.63) is 70.4 Å². The first-order valence-corrected chi connectivity index (χ1v) is 11.5. The molecule has 0 saturated carbocycles. The zero-order valence-corrected chi connectivity index (χ0v) is 19.5. The van der Waals surface area contributed by atoms with Gasteiger partial charge in [-0.2, -0.15) is 0 Å². The number of carboxylic acid groups (broad SMARTS) is 1. The van der Waals surface area contributed by atoms with E-state index in [9.17, 15) is 15.0 Å². The van der Waals surface area contributed by atoms with Crippen LogP contribution in [-0.4, -0.2) is 51.3 Å². The van der Waals surface area contributed by atoms with Crippen molar-refractivity contribution >= 4 is 16.9 Å². The molecule has 2 heterocycles. The normalized spacial score (nSPS) is 20.0. The summed E-state index contributed by atoms with van der Waals surface area (Å²) in [6.07, 6.45) is 4.05. The van der Waals surface area contributed by atoms with Crippen LogP contribution in [0.15, 0.2) is 42.6 Å². The van der Waals surface area contributed by atoms with Crippen molar-refractivity contribution in [2.45, 2.75) is 52.1 Å². The van der Waals surface area contributed by atoms with Crippen molar-refractivity contribution in [1.29, 1.82) is 0 Å². The highest BCUT2D eigenvalue weighted by Gasteiger charge is 2.33. The molecule has 1 aromatic heterocycles. The molecule has 0 radical (unpaired) electrons. The van der Waals surface area contributed by atoms with Crippen molar-refractivity contribution in [3.8, 4) is 0 Å². The molecule has 0 unspecified atom stereocenters. The van der Waals surface area contributed by atoms with Gasteiger partial charge in [0.1, 0.15) is 0 Å². The lowest BCUT2D eigenvalue weighted by atomic mass is 9.76.